The molecule has 0 aromatic rings. The van der Waals surface area contributed by atoms with Gasteiger partial charge in [0.1, 0.15) is 13.2 Å². The van der Waals surface area contributed by atoms with Crippen molar-refractivity contribution in [1.82, 2.24) is 9.80 Å². The highest BCUT2D eigenvalue weighted by molar-refractivity contribution is 5.70. The molecule has 0 saturated carbocycles. The molecule has 7 heteroatoms. The van der Waals surface area contributed by atoms with E-state index in [4.69, 9.17) is 9.47 Å². The SMILES string of the molecule is CCCCCCCCCCCCN(CCC)CCCCCCCCCC(=O)OCCOC(=O)CCCCCCCCCN(CCO)CCCCCCCCCCCC. The highest BCUT2D eigenvalue weighted by atomic mass is 16.6. The number of aliphatic hydroxyl groups excluding tert-OH is 1. The summed E-state index contributed by atoms with van der Waals surface area (Å²) in [4.78, 5) is 29.3. The van der Waals surface area contributed by atoms with E-state index in [0.29, 0.717) is 12.8 Å². The molecule has 346 valence electrons. The van der Waals surface area contributed by atoms with Crippen molar-refractivity contribution in [2.75, 3.05) is 59.1 Å². The van der Waals surface area contributed by atoms with Crippen molar-refractivity contribution in [3.8, 4) is 0 Å². The van der Waals surface area contributed by atoms with Crippen molar-refractivity contribution < 1.29 is 24.2 Å². The Morgan fingerprint density at radius 2 is 0.586 bits per heavy atom. The minimum atomic E-state index is -0.186. The molecule has 0 heterocycles. The normalized spacial score (nSPS) is 11.6. The summed E-state index contributed by atoms with van der Waals surface area (Å²) in [6.07, 6.45) is 46.1. The van der Waals surface area contributed by atoms with E-state index in [-0.39, 0.29) is 31.8 Å². The smallest absolute Gasteiger partial charge is 0.305 e. The second-order valence-electron chi connectivity index (χ2n) is 17.7. The number of carbonyl (C=O) groups excluding carboxylic acids is 2. The Morgan fingerprint density at radius 3 is 0.862 bits per heavy atom. The first-order valence-corrected chi connectivity index (χ1v) is 25.9. The van der Waals surface area contributed by atoms with Gasteiger partial charge in [0.05, 0.1) is 6.61 Å². The third-order valence-electron chi connectivity index (χ3n) is 11.9. The fourth-order valence-corrected chi connectivity index (χ4v) is 8.21. The van der Waals surface area contributed by atoms with Gasteiger partial charge in [-0.15, -0.1) is 0 Å². The highest BCUT2D eigenvalue weighted by Crippen LogP contribution is 2.15. The summed E-state index contributed by atoms with van der Waals surface area (Å²) in [6, 6.07) is 0. The summed E-state index contributed by atoms with van der Waals surface area (Å²) >= 11 is 0. The van der Waals surface area contributed by atoms with E-state index in [1.54, 1.807) is 0 Å². The van der Waals surface area contributed by atoms with Gasteiger partial charge >= 0.3 is 11.9 Å². The lowest BCUT2D eigenvalue weighted by molar-refractivity contribution is -0.152. The summed E-state index contributed by atoms with van der Waals surface area (Å²) in [5.41, 5.74) is 0. The number of nitrogens with zero attached hydrogens (tertiary/aromatic N) is 2. The Balaban J connectivity index is 3.57. The molecule has 0 aliphatic carbocycles. The van der Waals surface area contributed by atoms with Gasteiger partial charge in [0, 0.05) is 19.4 Å². The molecule has 0 aliphatic rings. The van der Waals surface area contributed by atoms with Crippen LogP contribution in [0, 0.1) is 0 Å². The number of ether oxygens (including phenoxy) is 2. The Labute approximate surface area is 362 Å². The molecule has 0 aliphatic heterocycles. The Bertz CT molecular complexity index is 761. The van der Waals surface area contributed by atoms with E-state index >= 15 is 0 Å². The zero-order valence-corrected chi connectivity index (χ0v) is 39.5. The highest BCUT2D eigenvalue weighted by Gasteiger charge is 2.08. The van der Waals surface area contributed by atoms with Crippen LogP contribution < -0.4 is 0 Å². The van der Waals surface area contributed by atoms with E-state index in [9.17, 15) is 14.7 Å². The van der Waals surface area contributed by atoms with Crippen LogP contribution >= 0.6 is 0 Å². The van der Waals surface area contributed by atoms with E-state index in [1.807, 2.05) is 0 Å². The lowest BCUT2D eigenvalue weighted by Gasteiger charge is -2.21. The van der Waals surface area contributed by atoms with Crippen molar-refractivity contribution in [3.63, 3.8) is 0 Å². The van der Waals surface area contributed by atoms with Gasteiger partial charge in [0.2, 0.25) is 0 Å². The van der Waals surface area contributed by atoms with E-state index in [1.165, 1.54) is 212 Å². The van der Waals surface area contributed by atoms with Crippen LogP contribution in [0.5, 0.6) is 0 Å². The Hall–Kier alpha value is -1.18. The summed E-state index contributed by atoms with van der Waals surface area (Å²) in [6.45, 7) is 14.2. The van der Waals surface area contributed by atoms with Gasteiger partial charge in [-0.25, -0.2) is 0 Å². The fraction of sp³-hybridized carbons (Fsp3) is 0.961. The van der Waals surface area contributed by atoms with E-state index in [2.05, 4.69) is 30.6 Å². The van der Waals surface area contributed by atoms with Gasteiger partial charge < -0.3 is 24.4 Å². The molecule has 1 N–H and O–H groups in total. The monoisotopic (exact) mass is 823 g/mol. The number of hydrogen-bond donors (Lipinski definition) is 1. The molecule has 0 spiro atoms. The first-order chi connectivity index (χ1) is 28.6. The molecule has 0 amide bonds. The van der Waals surface area contributed by atoms with Crippen LogP contribution in [0.2, 0.25) is 0 Å². The third kappa shape index (κ3) is 44.4. The van der Waals surface area contributed by atoms with Crippen molar-refractivity contribution in [2.24, 2.45) is 0 Å². The molecule has 58 heavy (non-hydrogen) atoms. The van der Waals surface area contributed by atoms with Crippen molar-refractivity contribution in [2.45, 2.75) is 258 Å². The van der Waals surface area contributed by atoms with Crippen LogP contribution in [0.3, 0.4) is 0 Å². The average molecular weight is 823 g/mol. The topological polar surface area (TPSA) is 79.3 Å². The maximum Gasteiger partial charge on any atom is 0.305 e. The van der Waals surface area contributed by atoms with E-state index in [0.717, 1.165) is 51.7 Å². The number of aliphatic hydroxyl groups is 1. The molecule has 7 nitrogen and oxygen atoms in total. The van der Waals surface area contributed by atoms with Gasteiger partial charge in [-0.05, 0) is 77.7 Å². The van der Waals surface area contributed by atoms with Gasteiger partial charge in [-0.2, -0.15) is 0 Å². The quantitative estimate of drug-likeness (QED) is 0.0483. The van der Waals surface area contributed by atoms with Crippen molar-refractivity contribution >= 4 is 11.9 Å². The third-order valence-corrected chi connectivity index (χ3v) is 11.9. The first-order valence-electron chi connectivity index (χ1n) is 25.9. The molecular weight excluding hydrogens is 721 g/mol. The Kier molecular flexibility index (Phi) is 47.5. The van der Waals surface area contributed by atoms with Gasteiger partial charge in [0.15, 0.2) is 0 Å². The number of unbranched alkanes of at least 4 members (excludes halogenated alkanes) is 30. The maximum atomic E-state index is 12.1. The molecule has 0 aromatic heterocycles. The van der Waals surface area contributed by atoms with Gasteiger partial charge in [-0.3, -0.25) is 9.59 Å². The van der Waals surface area contributed by atoms with Gasteiger partial charge in [0.25, 0.3) is 0 Å². The van der Waals surface area contributed by atoms with Crippen LogP contribution in [0.4, 0.5) is 0 Å². The molecule has 0 rings (SSSR count). The largest absolute Gasteiger partial charge is 0.462 e. The number of carbonyl (C=O) groups is 2. The molecule has 0 unspecified atom stereocenters. The lowest BCUT2D eigenvalue weighted by Crippen LogP contribution is -2.29. The predicted octanol–water partition coefficient (Wildman–Crippen LogP) is 14.2. The molecule has 0 fully saturated rings. The molecule has 0 radical (unpaired) electrons. The zero-order valence-electron chi connectivity index (χ0n) is 39.5. The lowest BCUT2D eigenvalue weighted by atomic mass is 10.1. The van der Waals surface area contributed by atoms with Crippen LogP contribution in [0.25, 0.3) is 0 Å². The standard InChI is InChI=1S/C51H102N2O5/c1-4-7-9-11-13-15-17-23-29-35-42-52(41-6-3)43-36-30-25-19-21-27-33-39-50(55)57-48-49-58-51(56)40-34-28-22-20-26-32-38-45-53(46-47-54)44-37-31-24-18-16-14-12-10-8-5-2/h54H,4-49H2,1-3H3. The van der Waals surface area contributed by atoms with Crippen LogP contribution in [0.1, 0.15) is 258 Å². The molecule has 0 atom stereocenters. The Morgan fingerprint density at radius 1 is 0.328 bits per heavy atom. The first kappa shape index (κ1) is 56.8. The number of esters is 2. The molecule has 0 saturated heterocycles. The average Bonchev–Trinajstić information content (AvgIpc) is 3.22. The summed E-state index contributed by atoms with van der Waals surface area (Å²) in [5, 5.41) is 9.47. The van der Waals surface area contributed by atoms with E-state index < -0.39 is 0 Å². The summed E-state index contributed by atoms with van der Waals surface area (Å²) in [7, 11) is 0. The predicted molar refractivity (Wildman–Crippen MR) is 250 cm³/mol. The molecule has 0 bridgehead atoms. The summed E-state index contributed by atoms with van der Waals surface area (Å²) < 4.78 is 10.6. The maximum absolute atomic E-state index is 12.1. The van der Waals surface area contributed by atoms with Crippen LogP contribution in [0.15, 0.2) is 0 Å². The number of hydrogen-bond acceptors (Lipinski definition) is 7. The van der Waals surface area contributed by atoms with Crippen molar-refractivity contribution in [1.29, 1.82) is 0 Å². The van der Waals surface area contributed by atoms with Crippen molar-refractivity contribution in [3.05, 3.63) is 0 Å². The molecular formula is C51H102N2O5. The second-order valence-corrected chi connectivity index (χ2v) is 17.7. The summed E-state index contributed by atoms with van der Waals surface area (Å²) in [5.74, 6) is -0.362. The second kappa shape index (κ2) is 48.5. The minimum Gasteiger partial charge on any atom is -0.462 e. The minimum absolute atomic E-state index is 0.159. The fourth-order valence-electron chi connectivity index (χ4n) is 8.21. The molecule has 0 aromatic carbocycles. The van der Waals surface area contributed by atoms with Gasteiger partial charge in [-0.1, -0.05) is 201 Å². The van der Waals surface area contributed by atoms with Crippen LogP contribution in [-0.2, 0) is 19.1 Å². The van der Waals surface area contributed by atoms with Crippen LogP contribution in [-0.4, -0.2) is 85.9 Å². The zero-order chi connectivity index (χ0) is 42.3. The number of rotatable bonds is 49.